The van der Waals surface area contributed by atoms with Crippen molar-refractivity contribution in [1.82, 2.24) is 0 Å². The third kappa shape index (κ3) is 1.83. The highest BCUT2D eigenvalue weighted by Gasteiger charge is 2.39. The number of fused-ring (bicyclic) bond motifs is 1. The van der Waals surface area contributed by atoms with Gasteiger partial charge < -0.3 is 9.64 Å². The number of hydrogen-bond acceptors (Lipinski definition) is 4. The normalized spacial score (nSPS) is 26.4. The molecule has 0 amide bonds. The molecule has 0 aliphatic carbocycles. The number of para-hydroxylation sites is 1. The maximum Gasteiger partial charge on any atom is 0.294 e. The number of halogens is 1. The summed E-state index contributed by atoms with van der Waals surface area (Å²) >= 11 is 6.13. The molecule has 1 aromatic carbocycles. The predicted molar refractivity (Wildman–Crippen MR) is 68.1 cm³/mol. The topological polar surface area (TPSA) is 55.6 Å². The molecule has 6 heteroatoms. The first-order valence-corrected chi connectivity index (χ1v) is 6.30. The molecular weight excluding hydrogens is 256 g/mol. The highest BCUT2D eigenvalue weighted by molar-refractivity contribution is 6.33. The Morgan fingerprint density at radius 2 is 2.00 bits per heavy atom. The van der Waals surface area contributed by atoms with E-state index in [0.717, 1.165) is 26.3 Å². The van der Waals surface area contributed by atoms with Crippen LogP contribution in [0.15, 0.2) is 18.2 Å². The van der Waals surface area contributed by atoms with E-state index >= 15 is 0 Å². The van der Waals surface area contributed by atoms with Crippen molar-refractivity contribution < 1.29 is 9.66 Å². The van der Waals surface area contributed by atoms with E-state index < -0.39 is 0 Å². The number of nitro benzene ring substituents is 1. The Morgan fingerprint density at radius 1 is 1.33 bits per heavy atom. The molecule has 2 fully saturated rings. The van der Waals surface area contributed by atoms with Crippen molar-refractivity contribution >= 4 is 23.0 Å². The minimum absolute atomic E-state index is 0.0865. The Morgan fingerprint density at radius 3 is 2.61 bits per heavy atom. The molecule has 2 aliphatic heterocycles. The third-order valence-electron chi connectivity index (χ3n) is 3.72. The smallest absolute Gasteiger partial charge is 0.294 e. The van der Waals surface area contributed by atoms with Crippen LogP contribution in [0, 0.1) is 22.0 Å². The molecule has 0 aromatic heterocycles. The molecule has 0 spiro atoms. The Kier molecular flexibility index (Phi) is 2.87. The van der Waals surface area contributed by atoms with Crippen LogP contribution in [0.1, 0.15) is 0 Å². The summed E-state index contributed by atoms with van der Waals surface area (Å²) < 4.78 is 5.41. The van der Waals surface area contributed by atoms with E-state index in [2.05, 4.69) is 0 Å². The van der Waals surface area contributed by atoms with E-state index in [1.807, 2.05) is 4.90 Å². The van der Waals surface area contributed by atoms with E-state index in [0.29, 0.717) is 22.5 Å². The summed E-state index contributed by atoms with van der Waals surface area (Å²) in [6.45, 7) is 3.07. The van der Waals surface area contributed by atoms with Gasteiger partial charge >= 0.3 is 0 Å². The van der Waals surface area contributed by atoms with Gasteiger partial charge in [-0.2, -0.15) is 0 Å². The molecule has 2 aliphatic rings. The monoisotopic (exact) mass is 268 g/mol. The van der Waals surface area contributed by atoms with Gasteiger partial charge in [-0.1, -0.05) is 17.7 Å². The van der Waals surface area contributed by atoms with Crippen molar-refractivity contribution in [3.8, 4) is 0 Å². The molecule has 2 unspecified atom stereocenters. The maximum absolute atomic E-state index is 11.1. The van der Waals surface area contributed by atoms with Gasteiger partial charge in [0.1, 0.15) is 5.69 Å². The molecular formula is C12H13ClN2O3. The van der Waals surface area contributed by atoms with Crippen LogP contribution in [-0.2, 0) is 4.74 Å². The largest absolute Gasteiger partial charge is 0.381 e. The zero-order valence-electron chi connectivity index (χ0n) is 9.71. The summed E-state index contributed by atoms with van der Waals surface area (Å²) in [6.07, 6.45) is 0. The van der Waals surface area contributed by atoms with Gasteiger partial charge in [0.05, 0.1) is 23.2 Å². The number of benzene rings is 1. The van der Waals surface area contributed by atoms with Gasteiger partial charge in [0, 0.05) is 31.0 Å². The Hall–Kier alpha value is -1.33. The van der Waals surface area contributed by atoms with E-state index in [-0.39, 0.29) is 10.6 Å². The molecule has 3 rings (SSSR count). The number of anilines is 1. The number of nitro groups is 1. The molecule has 96 valence electrons. The zero-order valence-corrected chi connectivity index (χ0v) is 10.5. The highest BCUT2D eigenvalue weighted by atomic mass is 35.5. The van der Waals surface area contributed by atoms with Gasteiger partial charge in [-0.25, -0.2) is 0 Å². The molecule has 2 heterocycles. The average Bonchev–Trinajstić information content (AvgIpc) is 2.88. The molecule has 1 aromatic rings. The Balaban J connectivity index is 1.95. The molecule has 18 heavy (non-hydrogen) atoms. The average molecular weight is 269 g/mol. The summed E-state index contributed by atoms with van der Waals surface area (Å²) in [5.74, 6) is 0.946. The fourth-order valence-corrected chi connectivity index (χ4v) is 3.12. The van der Waals surface area contributed by atoms with E-state index in [9.17, 15) is 10.1 Å². The molecule has 0 saturated carbocycles. The minimum atomic E-state index is -0.369. The van der Waals surface area contributed by atoms with Crippen molar-refractivity contribution in [2.75, 3.05) is 31.2 Å². The number of ether oxygens (including phenoxy) is 1. The predicted octanol–water partition coefficient (Wildman–Crippen LogP) is 2.33. The fraction of sp³-hybridized carbons (Fsp3) is 0.500. The SMILES string of the molecule is O=[N+]([O-])c1cccc(Cl)c1N1CC2COCC2C1. The van der Waals surface area contributed by atoms with Crippen molar-refractivity contribution in [2.45, 2.75) is 0 Å². The van der Waals surface area contributed by atoms with Gasteiger partial charge in [0.15, 0.2) is 0 Å². The van der Waals surface area contributed by atoms with Crippen LogP contribution in [0.25, 0.3) is 0 Å². The second-order valence-electron chi connectivity index (χ2n) is 4.83. The summed E-state index contributed by atoms with van der Waals surface area (Å²) in [6, 6.07) is 4.82. The lowest BCUT2D eigenvalue weighted by atomic mass is 10.0. The van der Waals surface area contributed by atoms with E-state index in [1.165, 1.54) is 6.07 Å². The first-order valence-electron chi connectivity index (χ1n) is 5.92. The van der Waals surface area contributed by atoms with Crippen molar-refractivity contribution in [1.29, 1.82) is 0 Å². The first kappa shape index (κ1) is 11.7. The standard InChI is InChI=1S/C12H13ClN2O3/c13-10-2-1-3-11(15(16)17)12(10)14-4-8-6-18-7-9(8)5-14/h1-3,8-9H,4-7H2. The summed E-state index contributed by atoms with van der Waals surface area (Å²) in [7, 11) is 0. The molecule has 0 bridgehead atoms. The van der Waals surface area contributed by atoms with Crippen LogP contribution in [0.2, 0.25) is 5.02 Å². The van der Waals surface area contributed by atoms with Crippen molar-refractivity contribution in [3.63, 3.8) is 0 Å². The van der Waals surface area contributed by atoms with Gasteiger partial charge in [0.2, 0.25) is 0 Å². The maximum atomic E-state index is 11.1. The van der Waals surface area contributed by atoms with Crippen LogP contribution in [0.5, 0.6) is 0 Å². The summed E-state index contributed by atoms with van der Waals surface area (Å²) in [5.41, 5.74) is 0.641. The van der Waals surface area contributed by atoms with Gasteiger partial charge in [-0.15, -0.1) is 0 Å². The van der Waals surface area contributed by atoms with Gasteiger partial charge in [-0.05, 0) is 6.07 Å². The van der Waals surface area contributed by atoms with Crippen LogP contribution in [0.3, 0.4) is 0 Å². The van der Waals surface area contributed by atoms with E-state index in [1.54, 1.807) is 12.1 Å². The van der Waals surface area contributed by atoms with Gasteiger partial charge in [0.25, 0.3) is 5.69 Å². The van der Waals surface area contributed by atoms with Crippen LogP contribution < -0.4 is 4.90 Å². The lowest BCUT2D eigenvalue weighted by Crippen LogP contribution is -2.23. The Labute approximate surface area is 109 Å². The van der Waals surface area contributed by atoms with Crippen molar-refractivity contribution in [3.05, 3.63) is 33.3 Å². The molecule has 2 saturated heterocycles. The molecule has 5 nitrogen and oxygen atoms in total. The number of nitrogens with zero attached hydrogens (tertiary/aromatic N) is 2. The summed E-state index contributed by atoms with van der Waals surface area (Å²) in [4.78, 5) is 12.7. The Bertz CT molecular complexity index is 482. The number of rotatable bonds is 2. The molecule has 0 N–H and O–H groups in total. The second kappa shape index (κ2) is 4.40. The van der Waals surface area contributed by atoms with E-state index in [4.69, 9.17) is 16.3 Å². The fourth-order valence-electron chi connectivity index (χ4n) is 2.83. The number of hydrogen-bond donors (Lipinski definition) is 0. The highest BCUT2D eigenvalue weighted by Crippen LogP contribution is 2.40. The molecule has 0 radical (unpaired) electrons. The second-order valence-corrected chi connectivity index (χ2v) is 5.23. The third-order valence-corrected chi connectivity index (χ3v) is 4.02. The van der Waals surface area contributed by atoms with Crippen LogP contribution in [-0.4, -0.2) is 31.2 Å². The van der Waals surface area contributed by atoms with Crippen LogP contribution in [0.4, 0.5) is 11.4 Å². The minimum Gasteiger partial charge on any atom is -0.381 e. The summed E-state index contributed by atoms with van der Waals surface area (Å²) in [5, 5.41) is 11.5. The zero-order chi connectivity index (χ0) is 12.7. The molecule has 2 atom stereocenters. The quantitative estimate of drug-likeness (QED) is 0.610. The lowest BCUT2D eigenvalue weighted by Gasteiger charge is -2.20. The lowest BCUT2D eigenvalue weighted by molar-refractivity contribution is -0.384. The first-order chi connectivity index (χ1) is 8.66. The van der Waals surface area contributed by atoms with Gasteiger partial charge in [-0.3, -0.25) is 10.1 Å². The van der Waals surface area contributed by atoms with Crippen LogP contribution >= 0.6 is 11.6 Å². The van der Waals surface area contributed by atoms with Crippen molar-refractivity contribution in [2.24, 2.45) is 11.8 Å².